The monoisotopic (exact) mass is 261 g/mol. The average Bonchev–Trinajstić information content (AvgIpc) is 2.29. The van der Waals surface area contributed by atoms with E-state index in [2.05, 4.69) is 5.32 Å². The van der Waals surface area contributed by atoms with Crippen molar-refractivity contribution in [2.24, 2.45) is 0 Å². The number of sulfonamides is 1. The van der Waals surface area contributed by atoms with Crippen molar-refractivity contribution in [2.45, 2.75) is 13.0 Å². The van der Waals surface area contributed by atoms with Crippen LogP contribution in [0.25, 0.3) is 0 Å². The molecule has 1 rings (SSSR count). The molecule has 0 aromatic carbocycles. The standard InChI is InChI=1S/C9H15N3O4S/c1-2-16-9(13)8-7-11-4-5-12(8)17(14,15)6-3-10/h8,11H,2,4-7H2,1H3. The van der Waals surface area contributed by atoms with Gasteiger partial charge in [-0.15, -0.1) is 0 Å². The van der Waals surface area contributed by atoms with Gasteiger partial charge in [-0.3, -0.25) is 4.79 Å². The summed E-state index contributed by atoms with van der Waals surface area (Å²) in [5.41, 5.74) is 0. The minimum absolute atomic E-state index is 0.174. The Bertz CT molecular complexity index is 414. The number of carbonyl (C=O) groups is 1. The summed E-state index contributed by atoms with van der Waals surface area (Å²) in [7, 11) is -3.71. The summed E-state index contributed by atoms with van der Waals surface area (Å²) in [6.07, 6.45) is 0. The highest BCUT2D eigenvalue weighted by molar-refractivity contribution is 7.89. The summed E-state index contributed by atoms with van der Waals surface area (Å²) in [5, 5.41) is 11.4. The first-order chi connectivity index (χ1) is 8.03. The minimum Gasteiger partial charge on any atom is -0.465 e. The van der Waals surface area contributed by atoms with Gasteiger partial charge < -0.3 is 10.1 Å². The van der Waals surface area contributed by atoms with Crippen LogP contribution in [0.15, 0.2) is 0 Å². The van der Waals surface area contributed by atoms with E-state index >= 15 is 0 Å². The minimum atomic E-state index is -3.71. The van der Waals surface area contributed by atoms with Crippen LogP contribution in [-0.4, -0.2) is 56.7 Å². The van der Waals surface area contributed by atoms with E-state index < -0.39 is 27.8 Å². The van der Waals surface area contributed by atoms with E-state index in [9.17, 15) is 13.2 Å². The van der Waals surface area contributed by atoms with Crippen LogP contribution < -0.4 is 5.32 Å². The zero-order valence-corrected chi connectivity index (χ0v) is 10.4. The Morgan fingerprint density at radius 2 is 2.35 bits per heavy atom. The van der Waals surface area contributed by atoms with Crippen molar-refractivity contribution in [2.75, 3.05) is 32.0 Å². The van der Waals surface area contributed by atoms with Crippen molar-refractivity contribution in [1.29, 1.82) is 5.26 Å². The van der Waals surface area contributed by atoms with Crippen LogP contribution >= 0.6 is 0 Å². The molecule has 0 spiro atoms. The first kappa shape index (κ1) is 13.9. The van der Waals surface area contributed by atoms with Crippen LogP contribution in [-0.2, 0) is 19.6 Å². The topological polar surface area (TPSA) is 99.5 Å². The third kappa shape index (κ3) is 3.39. The second-order valence-corrected chi connectivity index (χ2v) is 5.42. The van der Waals surface area contributed by atoms with Crippen LogP contribution in [0, 0.1) is 11.3 Å². The molecule has 96 valence electrons. The van der Waals surface area contributed by atoms with Gasteiger partial charge in [0.1, 0.15) is 6.04 Å². The molecule has 1 N–H and O–H groups in total. The van der Waals surface area contributed by atoms with Crippen molar-refractivity contribution in [3.63, 3.8) is 0 Å². The Balaban J connectivity index is 2.87. The Morgan fingerprint density at radius 1 is 1.65 bits per heavy atom. The van der Waals surface area contributed by atoms with Crippen molar-refractivity contribution in [3.05, 3.63) is 0 Å². The highest BCUT2D eigenvalue weighted by Crippen LogP contribution is 2.11. The Hall–Kier alpha value is -1.17. The lowest BCUT2D eigenvalue weighted by Crippen LogP contribution is -2.57. The van der Waals surface area contributed by atoms with E-state index in [4.69, 9.17) is 10.00 Å². The number of piperazine rings is 1. The summed E-state index contributed by atoms with van der Waals surface area (Å²) in [4.78, 5) is 11.6. The molecule has 1 fully saturated rings. The smallest absolute Gasteiger partial charge is 0.325 e. The van der Waals surface area contributed by atoms with Gasteiger partial charge in [-0.1, -0.05) is 0 Å². The number of hydrogen-bond acceptors (Lipinski definition) is 6. The Morgan fingerprint density at radius 3 is 2.94 bits per heavy atom. The van der Waals surface area contributed by atoms with E-state index in [1.807, 2.05) is 0 Å². The summed E-state index contributed by atoms with van der Waals surface area (Å²) >= 11 is 0. The third-order valence-corrected chi connectivity index (χ3v) is 4.00. The van der Waals surface area contributed by atoms with Crippen molar-refractivity contribution >= 4 is 16.0 Å². The number of esters is 1. The van der Waals surface area contributed by atoms with Crippen LogP contribution in [0.5, 0.6) is 0 Å². The predicted molar refractivity (Wildman–Crippen MR) is 59.4 cm³/mol. The molecule has 0 aromatic heterocycles. The molecular weight excluding hydrogens is 246 g/mol. The molecule has 1 heterocycles. The average molecular weight is 261 g/mol. The first-order valence-corrected chi connectivity index (χ1v) is 6.87. The maximum atomic E-state index is 11.8. The van der Waals surface area contributed by atoms with Crippen molar-refractivity contribution < 1.29 is 17.9 Å². The maximum Gasteiger partial charge on any atom is 0.325 e. The number of hydrogen-bond donors (Lipinski definition) is 1. The normalized spacial score (nSPS) is 21.8. The number of nitriles is 1. The Kier molecular flexibility index (Phi) is 4.86. The van der Waals surface area contributed by atoms with Gasteiger partial charge >= 0.3 is 5.97 Å². The molecular formula is C9H15N3O4S. The van der Waals surface area contributed by atoms with Gasteiger partial charge in [0.15, 0.2) is 5.75 Å². The fourth-order valence-electron chi connectivity index (χ4n) is 1.62. The van der Waals surface area contributed by atoms with E-state index in [1.54, 1.807) is 13.0 Å². The summed E-state index contributed by atoms with van der Waals surface area (Å²) < 4.78 is 29.4. The summed E-state index contributed by atoms with van der Waals surface area (Å²) in [6, 6.07) is 0.721. The van der Waals surface area contributed by atoms with E-state index in [0.29, 0.717) is 6.54 Å². The molecule has 0 radical (unpaired) electrons. The van der Waals surface area contributed by atoms with Crippen LogP contribution in [0.4, 0.5) is 0 Å². The van der Waals surface area contributed by atoms with Crippen LogP contribution in [0.1, 0.15) is 6.92 Å². The lowest BCUT2D eigenvalue weighted by Gasteiger charge is -2.32. The second-order valence-electron chi connectivity index (χ2n) is 3.50. The molecule has 1 aliphatic rings. The molecule has 1 saturated heterocycles. The highest BCUT2D eigenvalue weighted by atomic mass is 32.2. The van der Waals surface area contributed by atoms with Gasteiger partial charge in [-0.2, -0.15) is 9.57 Å². The molecule has 0 aliphatic carbocycles. The molecule has 0 saturated carbocycles. The third-order valence-electron chi connectivity index (χ3n) is 2.36. The molecule has 7 nitrogen and oxygen atoms in total. The van der Waals surface area contributed by atoms with E-state index in [1.165, 1.54) is 0 Å². The van der Waals surface area contributed by atoms with Gasteiger partial charge in [0.2, 0.25) is 10.0 Å². The van der Waals surface area contributed by atoms with Crippen LogP contribution in [0.3, 0.4) is 0 Å². The van der Waals surface area contributed by atoms with Gasteiger partial charge in [0, 0.05) is 19.6 Å². The number of nitrogens with zero attached hydrogens (tertiary/aromatic N) is 2. The van der Waals surface area contributed by atoms with Crippen molar-refractivity contribution in [1.82, 2.24) is 9.62 Å². The molecule has 8 heteroatoms. The number of rotatable bonds is 4. The molecule has 0 bridgehead atoms. The predicted octanol–water partition coefficient (Wildman–Crippen LogP) is -1.32. The van der Waals surface area contributed by atoms with Crippen molar-refractivity contribution in [3.8, 4) is 6.07 Å². The first-order valence-electron chi connectivity index (χ1n) is 5.26. The fourth-order valence-corrected chi connectivity index (χ4v) is 2.87. The molecule has 0 amide bonds. The lowest BCUT2D eigenvalue weighted by atomic mass is 10.2. The number of nitrogens with one attached hydrogen (secondary N) is 1. The zero-order valence-electron chi connectivity index (χ0n) is 9.55. The number of ether oxygens (including phenoxy) is 1. The fraction of sp³-hybridized carbons (Fsp3) is 0.778. The largest absolute Gasteiger partial charge is 0.465 e. The summed E-state index contributed by atoms with van der Waals surface area (Å²) in [5.74, 6) is -1.20. The SMILES string of the molecule is CCOC(=O)C1CNCCN1S(=O)(=O)CC#N. The maximum absolute atomic E-state index is 11.8. The molecule has 1 unspecified atom stereocenters. The molecule has 1 aliphatic heterocycles. The lowest BCUT2D eigenvalue weighted by molar-refractivity contribution is -0.148. The van der Waals surface area contributed by atoms with Crippen LogP contribution in [0.2, 0.25) is 0 Å². The highest BCUT2D eigenvalue weighted by Gasteiger charge is 2.37. The van der Waals surface area contributed by atoms with Gasteiger partial charge in [0.25, 0.3) is 0 Å². The number of carbonyl (C=O) groups excluding carboxylic acids is 1. The quantitative estimate of drug-likeness (QED) is 0.630. The van der Waals surface area contributed by atoms with E-state index in [0.717, 1.165) is 4.31 Å². The molecule has 1 atom stereocenters. The van der Waals surface area contributed by atoms with Gasteiger partial charge in [-0.05, 0) is 6.92 Å². The van der Waals surface area contributed by atoms with Gasteiger partial charge in [-0.25, -0.2) is 8.42 Å². The van der Waals surface area contributed by atoms with E-state index in [-0.39, 0.29) is 19.7 Å². The second kappa shape index (κ2) is 5.95. The molecule has 0 aromatic rings. The summed E-state index contributed by atoms with van der Waals surface area (Å²) in [6.45, 7) is 2.70. The molecule has 17 heavy (non-hydrogen) atoms. The zero-order chi connectivity index (χ0) is 12.9. The Labute approximate surface area is 100 Å². The van der Waals surface area contributed by atoms with Gasteiger partial charge in [0.05, 0.1) is 12.7 Å².